The van der Waals surface area contributed by atoms with Crippen molar-refractivity contribution in [2.75, 3.05) is 6.61 Å². The van der Waals surface area contributed by atoms with E-state index in [1.165, 1.54) is 0 Å². The van der Waals surface area contributed by atoms with Gasteiger partial charge >= 0.3 is 5.97 Å². The Morgan fingerprint density at radius 1 is 1.50 bits per heavy atom. The summed E-state index contributed by atoms with van der Waals surface area (Å²) in [4.78, 5) is 23.2. The van der Waals surface area contributed by atoms with E-state index < -0.39 is 11.5 Å². The van der Waals surface area contributed by atoms with Gasteiger partial charge in [0.15, 0.2) is 5.56 Å². The van der Waals surface area contributed by atoms with Gasteiger partial charge in [-0.1, -0.05) is 6.07 Å². The average molecular weight is 220 g/mol. The quantitative estimate of drug-likeness (QED) is 0.771. The number of pyridine rings is 1. The molecule has 0 radical (unpaired) electrons. The van der Waals surface area contributed by atoms with Gasteiger partial charge in [0, 0.05) is 5.69 Å². The van der Waals surface area contributed by atoms with Crippen molar-refractivity contribution >= 4 is 11.5 Å². The molecule has 0 aliphatic rings. The molecule has 0 aliphatic carbocycles. The largest absolute Gasteiger partial charge is 0.462 e. The standard InChI is InChI=1S/C11H12N2O3/c1-3-16-11(15)9-8-6-4-5-7(2)13(8)12-10(9)14/h4-6H,3H2,1-2H3,(H,12,14). The number of carbonyl (C=O) groups excluding carboxylic acids is 1. The average Bonchev–Trinajstić information content (AvgIpc) is 2.56. The zero-order valence-corrected chi connectivity index (χ0v) is 9.11. The topological polar surface area (TPSA) is 63.6 Å². The Hall–Kier alpha value is -2.04. The number of nitrogens with one attached hydrogen (secondary N) is 1. The summed E-state index contributed by atoms with van der Waals surface area (Å²) in [5.41, 5.74) is 1.03. The van der Waals surface area contributed by atoms with Crippen LogP contribution < -0.4 is 5.56 Å². The van der Waals surface area contributed by atoms with Crippen molar-refractivity contribution in [3.05, 3.63) is 39.8 Å². The number of nitrogens with zero attached hydrogens (tertiary/aromatic N) is 1. The minimum Gasteiger partial charge on any atom is -0.462 e. The first-order valence-corrected chi connectivity index (χ1v) is 5.02. The van der Waals surface area contributed by atoms with Crippen molar-refractivity contribution in [2.45, 2.75) is 13.8 Å². The molecule has 2 aromatic rings. The van der Waals surface area contributed by atoms with Crippen LogP contribution in [0.2, 0.25) is 0 Å². The Balaban J connectivity index is 2.70. The second-order valence-electron chi connectivity index (χ2n) is 3.42. The van der Waals surface area contributed by atoms with Crippen LogP contribution in [0.4, 0.5) is 0 Å². The molecule has 0 unspecified atom stereocenters. The number of carbonyl (C=O) groups is 1. The molecule has 2 rings (SSSR count). The summed E-state index contributed by atoms with van der Waals surface area (Å²) in [7, 11) is 0. The van der Waals surface area contributed by atoms with E-state index in [1.54, 1.807) is 23.6 Å². The van der Waals surface area contributed by atoms with Gasteiger partial charge in [-0.3, -0.25) is 14.4 Å². The van der Waals surface area contributed by atoms with Crippen LogP contribution in [0.3, 0.4) is 0 Å². The van der Waals surface area contributed by atoms with E-state index in [9.17, 15) is 9.59 Å². The van der Waals surface area contributed by atoms with Gasteiger partial charge in [0.1, 0.15) is 0 Å². The zero-order chi connectivity index (χ0) is 11.7. The molecule has 0 saturated carbocycles. The smallest absolute Gasteiger partial charge is 0.346 e. The Morgan fingerprint density at radius 2 is 2.25 bits per heavy atom. The maximum absolute atomic E-state index is 11.6. The molecule has 0 atom stereocenters. The van der Waals surface area contributed by atoms with Gasteiger partial charge in [-0.2, -0.15) is 0 Å². The third kappa shape index (κ3) is 1.50. The second kappa shape index (κ2) is 3.84. The Morgan fingerprint density at radius 3 is 2.94 bits per heavy atom. The lowest BCUT2D eigenvalue weighted by molar-refractivity contribution is 0.0527. The van der Waals surface area contributed by atoms with Crippen LogP contribution in [0, 0.1) is 6.92 Å². The molecule has 5 nitrogen and oxygen atoms in total. The zero-order valence-electron chi connectivity index (χ0n) is 9.11. The molecule has 1 N–H and O–H groups in total. The fraction of sp³-hybridized carbons (Fsp3) is 0.273. The minimum atomic E-state index is -0.586. The van der Waals surface area contributed by atoms with E-state index in [-0.39, 0.29) is 12.2 Å². The van der Waals surface area contributed by atoms with Crippen LogP contribution in [0.1, 0.15) is 23.0 Å². The molecular formula is C11H12N2O3. The summed E-state index contributed by atoms with van der Waals surface area (Å²) >= 11 is 0. The normalized spacial score (nSPS) is 10.6. The SMILES string of the molecule is CCOC(=O)c1c(=O)[nH]n2c(C)cccc12. The highest BCUT2D eigenvalue weighted by Crippen LogP contribution is 2.09. The van der Waals surface area contributed by atoms with E-state index in [0.29, 0.717) is 5.52 Å². The van der Waals surface area contributed by atoms with Crippen molar-refractivity contribution in [3.8, 4) is 0 Å². The number of fused-ring (bicyclic) bond motifs is 1. The molecular weight excluding hydrogens is 208 g/mol. The van der Waals surface area contributed by atoms with Crippen molar-refractivity contribution in [3.63, 3.8) is 0 Å². The lowest BCUT2D eigenvalue weighted by atomic mass is 10.2. The summed E-state index contributed by atoms with van der Waals surface area (Å²) in [6.45, 7) is 3.80. The van der Waals surface area contributed by atoms with Crippen molar-refractivity contribution < 1.29 is 9.53 Å². The lowest BCUT2D eigenvalue weighted by Crippen LogP contribution is -2.15. The molecule has 16 heavy (non-hydrogen) atoms. The summed E-state index contributed by atoms with van der Waals surface area (Å²) in [6, 6.07) is 5.34. The number of aromatic amines is 1. The predicted octanol–water partition coefficient (Wildman–Crippen LogP) is 1.11. The van der Waals surface area contributed by atoms with Crippen LogP contribution in [-0.4, -0.2) is 22.2 Å². The number of ether oxygens (including phenoxy) is 1. The van der Waals surface area contributed by atoms with E-state index in [0.717, 1.165) is 5.69 Å². The molecule has 0 aromatic carbocycles. The third-order valence-corrected chi connectivity index (χ3v) is 2.36. The highest BCUT2D eigenvalue weighted by molar-refractivity contribution is 5.96. The molecule has 0 spiro atoms. The maximum Gasteiger partial charge on any atom is 0.346 e. The number of hydrogen-bond donors (Lipinski definition) is 1. The monoisotopic (exact) mass is 220 g/mol. The molecule has 84 valence electrons. The lowest BCUT2D eigenvalue weighted by Gasteiger charge is -2.00. The summed E-state index contributed by atoms with van der Waals surface area (Å²) in [5, 5.41) is 2.59. The molecule has 0 bridgehead atoms. The first kappa shape index (κ1) is 10.5. The second-order valence-corrected chi connectivity index (χ2v) is 3.42. The molecule has 0 saturated heterocycles. The van der Waals surface area contributed by atoms with Gasteiger partial charge in [-0.15, -0.1) is 0 Å². The summed E-state index contributed by atoms with van der Waals surface area (Å²) in [6.07, 6.45) is 0. The first-order valence-electron chi connectivity index (χ1n) is 5.02. The minimum absolute atomic E-state index is 0.0607. The van der Waals surface area contributed by atoms with Crippen LogP contribution in [0.25, 0.3) is 5.52 Å². The Bertz CT molecular complexity index is 595. The number of hydrogen-bond acceptors (Lipinski definition) is 3. The molecule has 0 amide bonds. The highest BCUT2D eigenvalue weighted by atomic mass is 16.5. The highest BCUT2D eigenvalue weighted by Gasteiger charge is 2.18. The summed E-state index contributed by atoms with van der Waals surface area (Å²) < 4.78 is 6.42. The molecule has 2 aromatic heterocycles. The van der Waals surface area contributed by atoms with E-state index in [4.69, 9.17) is 4.74 Å². The van der Waals surface area contributed by atoms with Gasteiger partial charge in [0.2, 0.25) is 0 Å². The number of esters is 1. The maximum atomic E-state index is 11.6. The van der Waals surface area contributed by atoms with Gasteiger partial charge < -0.3 is 4.74 Å². The number of aryl methyl sites for hydroxylation is 1. The number of rotatable bonds is 2. The van der Waals surface area contributed by atoms with Gasteiger partial charge in [-0.25, -0.2) is 4.79 Å². The molecule has 0 fully saturated rings. The Kier molecular flexibility index (Phi) is 2.52. The van der Waals surface area contributed by atoms with E-state index >= 15 is 0 Å². The summed E-state index contributed by atoms with van der Waals surface area (Å²) in [5.74, 6) is -0.586. The van der Waals surface area contributed by atoms with E-state index in [1.807, 2.05) is 13.0 Å². The van der Waals surface area contributed by atoms with Gasteiger partial charge in [0.25, 0.3) is 5.56 Å². The van der Waals surface area contributed by atoms with E-state index in [2.05, 4.69) is 5.10 Å². The first-order chi connectivity index (χ1) is 7.65. The predicted molar refractivity (Wildman–Crippen MR) is 58.7 cm³/mol. The van der Waals surface area contributed by atoms with Crippen molar-refractivity contribution in [1.82, 2.24) is 9.61 Å². The Labute approximate surface area is 91.6 Å². The van der Waals surface area contributed by atoms with Gasteiger partial charge in [0.05, 0.1) is 12.1 Å². The van der Waals surface area contributed by atoms with Gasteiger partial charge in [-0.05, 0) is 26.0 Å². The van der Waals surface area contributed by atoms with Crippen LogP contribution in [0.5, 0.6) is 0 Å². The molecule has 5 heteroatoms. The fourth-order valence-electron chi connectivity index (χ4n) is 1.64. The van der Waals surface area contributed by atoms with Crippen molar-refractivity contribution in [2.24, 2.45) is 0 Å². The molecule has 2 heterocycles. The van der Waals surface area contributed by atoms with Crippen molar-refractivity contribution in [1.29, 1.82) is 0 Å². The van der Waals surface area contributed by atoms with Crippen LogP contribution in [-0.2, 0) is 4.74 Å². The number of H-pyrrole nitrogens is 1. The fourth-order valence-corrected chi connectivity index (χ4v) is 1.64. The van der Waals surface area contributed by atoms with Crippen LogP contribution in [0.15, 0.2) is 23.0 Å². The number of aromatic nitrogens is 2. The third-order valence-electron chi connectivity index (χ3n) is 2.36. The molecule has 0 aliphatic heterocycles. The van der Waals surface area contributed by atoms with Crippen LogP contribution >= 0.6 is 0 Å².